The van der Waals surface area contributed by atoms with Gasteiger partial charge >= 0.3 is 0 Å². The monoisotopic (exact) mass is 379 g/mol. The van der Waals surface area contributed by atoms with Crippen LogP contribution in [0.25, 0.3) is 0 Å². The Morgan fingerprint density at radius 3 is 2.96 bits per heavy atom. The molecule has 0 spiro atoms. The number of aromatic nitrogens is 2. The first-order valence-corrected chi connectivity index (χ1v) is 8.72. The normalized spacial score (nSPS) is 17.3. The van der Waals surface area contributed by atoms with Crippen LogP contribution in [-0.4, -0.2) is 51.9 Å². The van der Waals surface area contributed by atoms with Gasteiger partial charge < -0.3 is 10.6 Å². The van der Waals surface area contributed by atoms with Crippen molar-refractivity contribution >= 4 is 34.9 Å². The summed E-state index contributed by atoms with van der Waals surface area (Å²) in [6.07, 6.45) is 2.53. The zero-order valence-corrected chi connectivity index (χ0v) is 15.3. The van der Waals surface area contributed by atoms with E-state index in [0.29, 0.717) is 46.9 Å². The number of benzene rings is 1. The Kier molecular flexibility index (Phi) is 5.42. The molecular weight excluding hydrogens is 361 g/mol. The molecule has 0 saturated carbocycles. The Hall–Kier alpha value is -1.89. The summed E-state index contributed by atoms with van der Waals surface area (Å²) < 4.78 is 0. The number of halogens is 2. The van der Waals surface area contributed by atoms with Crippen molar-refractivity contribution in [1.29, 1.82) is 0 Å². The highest BCUT2D eigenvalue weighted by atomic mass is 35.5. The molecule has 1 aromatic heterocycles. The predicted octanol–water partition coefficient (Wildman–Crippen LogP) is 2.71. The molecular formula is C17H19Cl2N5O. The van der Waals surface area contributed by atoms with E-state index in [0.717, 1.165) is 6.42 Å². The number of anilines is 1. The van der Waals surface area contributed by atoms with Crippen molar-refractivity contribution in [3.63, 3.8) is 0 Å². The fraction of sp³-hybridized carbons (Fsp3) is 0.353. The summed E-state index contributed by atoms with van der Waals surface area (Å²) in [5.74, 6) is 1.03. The fourth-order valence-electron chi connectivity index (χ4n) is 2.97. The molecule has 0 radical (unpaired) electrons. The molecule has 1 atom stereocenters. The third kappa shape index (κ3) is 4.03. The van der Waals surface area contributed by atoms with Crippen LogP contribution in [-0.2, 0) is 6.54 Å². The second-order valence-corrected chi connectivity index (χ2v) is 6.89. The molecule has 2 aromatic rings. The van der Waals surface area contributed by atoms with Crippen LogP contribution in [0.2, 0.25) is 10.0 Å². The van der Waals surface area contributed by atoms with Crippen molar-refractivity contribution in [2.45, 2.75) is 19.0 Å². The van der Waals surface area contributed by atoms with Crippen LogP contribution in [0.1, 0.15) is 22.6 Å². The Balaban J connectivity index is 1.64. The van der Waals surface area contributed by atoms with E-state index in [2.05, 4.69) is 14.9 Å². The van der Waals surface area contributed by atoms with Crippen molar-refractivity contribution in [2.24, 2.45) is 0 Å². The summed E-state index contributed by atoms with van der Waals surface area (Å²) in [4.78, 5) is 25.1. The minimum absolute atomic E-state index is 0.0939. The number of nitrogens with two attached hydrogens (primary N) is 1. The lowest BCUT2D eigenvalue weighted by Crippen LogP contribution is -2.36. The predicted molar refractivity (Wildman–Crippen MR) is 98.7 cm³/mol. The maximum absolute atomic E-state index is 12.7. The number of likely N-dealkylation sites (tertiary alicyclic amines) is 1. The smallest absolute Gasteiger partial charge is 0.255 e. The number of nitrogens with zero attached hydrogens (tertiary/aromatic N) is 4. The zero-order valence-electron chi connectivity index (χ0n) is 13.8. The van der Waals surface area contributed by atoms with Crippen molar-refractivity contribution in [3.8, 4) is 0 Å². The van der Waals surface area contributed by atoms with Crippen molar-refractivity contribution in [3.05, 3.63) is 51.9 Å². The third-order valence-corrected chi connectivity index (χ3v) is 5.19. The van der Waals surface area contributed by atoms with Crippen molar-refractivity contribution in [2.75, 3.05) is 25.9 Å². The van der Waals surface area contributed by atoms with E-state index in [1.807, 2.05) is 7.05 Å². The Labute approximate surface area is 156 Å². The largest absolute Gasteiger partial charge is 0.384 e. The molecule has 8 heteroatoms. The van der Waals surface area contributed by atoms with Gasteiger partial charge in [0.2, 0.25) is 0 Å². The van der Waals surface area contributed by atoms with Gasteiger partial charge in [0.1, 0.15) is 11.6 Å². The lowest BCUT2D eigenvalue weighted by molar-refractivity contribution is 0.0779. The molecule has 25 heavy (non-hydrogen) atoms. The number of nitrogen functional groups attached to an aromatic ring is 1. The molecule has 0 unspecified atom stereocenters. The number of rotatable bonds is 4. The van der Waals surface area contributed by atoms with E-state index < -0.39 is 0 Å². The van der Waals surface area contributed by atoms with E-state index in [4.69, 9.17) is 28.9 Å². The Morgan fingerprint density at radius 1 is 1.40 bits per heavy atom. The number of amides is 1. The first kappa shape index (κ1) is 17.9. The SMILES string of the molecule is CN(Cc1nccc(N)n1)[C@H]1CCN(C(=O)c2cccc(Cl)c2Cl)C1. The first-order chi connectivity index (χ1) is 12.0. The van der Waals surface area contributed by atoms with E-state index in [1.165, 1.54) is 0 Å². The fourth-order valence-corrected chi connectivity index (χ4v) is 3.35. The Morgan fingerprint density at radius 2 is 2.20 bits per heavy atom. The minimum Gasteiger partial charge on any atom is -0.384 e. The van der Waals surface area contributed by atoms with Gasteiger partial charge in [-0.3, -0.25) is 9.69 Å². The minimum atomic E-state index is -0.0939. The number of hydrogen-bond donors (Lipinski definition) is 1. The van der Waals surface area contributed by atoms with Gasteiger partial charge in [-0.05, 0) is 31.7 Å². The lowest BCUT2D eigenvalue weighted by Gasteiger charge is -2.24. The molecule has 1 aliphatic rings. The summed E-state index contributed by atoms with van der Waals surface area (Å²) in [6.45, 7) is 1.88. The molecule has 0 bridgehead atoms. The van der Waals surface area contributed by atoms with Gasteiger partial charge in [0.05, 0.1) is 22.2 Å². The van der Waals surface area contributed by atoms with E-state index >= 15 is 0 Å². The van der Waals surface area contributed by atoms with Gasteiger partial charge in [0.15, 0.2) is 0 Å². The highest BCUT2D eigenvalue weighted by Crippen LogP contribution is 2.28. The Bertz CT molecular complexity index is 785. The maximum Gasteiger partial charge on any atom is 0.255 e. The molecule has 1 saturated heterocycles. The van der Waals surface area contributed by atoms with Crippen LogP contribution >= 0.6 is 23.2 Å². The van der Waals surface area contributed by atoms with Crippen LogP contribution in [0.15, 0.2) is 30.5 Å². The number of carbonyl (C=O) groups is 1. The van der Waals surface area contributed by atoms with Crippen molar-refractivity contribution in [1.82, 2.24) is 19.8 Å². The second-order valence-electron chi connectivity index (χ2n) is 6.11. The van der Waals surface area contributed by atoms with Gasteiger partial charge in [0.25, 0.3) is 5.91 Å². The first-order valence-electron chi connectivity index (χ1n) is 7.96. The second kappa shape index (κ2) is 7.56. The summed E-state index contributed by atoms with van der Waals surface area (Å²) >= 11 is 12.2. The molecule has 3 rings (SSSR count). The lowest BCUT2D eigenvalue weighted by atomic mass is 10.2. The summed E-state index contributed by atoms with van der Waals surface area (Å²) in [5, 5.41) is 0.693. The van der Waals surface area contributed by atoms with Gasteiger partial charge in [-0.2, -0.15) is 0 Å². The third-order valence-electron chi connectivity index (χ3n) is 4.37. The number of carbonyl (C=O) groups excluding carboxylic acids is 1. The zero-order chi connectivity index (χ0) is 18.0. The van der Waals surface area contributed by atoms with Gasteiger partial charge in [-0.25, -0.2) is 9.97 Å². The molecule has 1 aromatic carbocycles. The van der Waals surface area contributed by atoms with Crippen LogP contribution in [0.4, 0.5) is 5.82 Å². The van der Waals surface area contributed by atoms with Gasteiger partial charge in [0, 0.05) is 25.3 Å². The average Bonchev–Trinajstić information content (AvgIpc) is 3.07. The highest BCUT2D eigenvalue weighted by molar-refractivity contribution is 6.43. The van der Waals surface area contributed by atoms with Crippen LogP contribution in [0.3, 0.4) is 0 Å². The topological polar surface area (TPSA) is 75.4 Å². The molecule has 2 N–H and O–H groups in total. The molecule has 132 valence electrons. The summed E-state index contributed by atoms with van der Waals surface area (Å²) in [6, 6.07) is 7.00. The molecule has 1 amide bonds. The highest BCUT2D eigenvalue weighted by Gasteiger charge is 2.30. The van der Waals surface area contributed by atoms with Gasteiger partial charge in [-0.15, -0.1) is 0 Å². The van der Waals surface area contributed by atoms with Crippen LogP contribution in [0.5, 0.6) is 0 Å². The molecule has 2 heterocycles. The summed E-state index contributed by atoms with van der Waals surface area (Å²) in [5.41, 5.74) is 6.14. The maximum atomic E-state index is 12.7. The van der Waals surface area contributed by atoms with E-state index in [1.54, 1.807) is 35.4 Å². The standard InChI is InChI=1S/C17H19Cl2N5O/c1-23(10-15-21-7-5-14(20)22-15)11-6-8-24(9-11)17(25)12-3-2-4-13(18)16(12)19/h2-5,7,11H,6,8-10H2,1H3,(H2,20,21,22)/t11-/m0/s1. The van der Waals surface area contributed by atoms with Crippen LogP contribution < -0.4 is 5.73 Å². The molecule has 0 aliphatic carbocycles. The van der Waals surface area contributed by atoms with Crippen molar-refractivity contribution < 1.29 is 4.79 Å². The van der Waals surface area contributed by atoms with E-state index in [9.17, 15) is 4.79 Å². The average molecular weight is 380 g/mol. The van der Waals surface area contributed by atoms with E-state index in [-0.39, 0.29) is 11.9 Å². The quantitative estimate of drug-likeness (QED) is 0.883. The summed E-state index contributed by atoms with van der Waals surface area (Å²) in [7, 11) is 2.00. The number of likely N-dealkylation sites (N-methyl/N-ethyl adjacent to an activating group) is 1. The number of hydrogen-bond acceptors (Lipinski definition) is 5. The molecule has 6 nitrogen and oxygen atoms in total. The van der Waals surface area contributed by atoms with Crippen LogP contribution in [0, 0.1) is 0 Å². The molecule has 1 aliphatic heterocycles. The van der Waals surface area contributed by atoms with Gasteiger partial charge in [-0.1, -0.05) is 29.3 Å². The molecule has 1 fully saturated rings.